The highest BCUT2D eigenvalue weighted by atomic mass is 19.4. The quantitative estimate of drug-likeness (QED) is 0.267. The molecule has 0 radical (unpaired) electrons. The Labute approximate surface area is 202 Å². The molecular formula is C29H23F3O3. The van der Waals surface area contributed by atoms with Crippen molar-refractivity contribution in [3.8, 4) is 17.6 Å². The van der Waals surface area contributed by atoms with Gasteiger partial charge in [0.05, 0.1) is 25.0 Å². The highest BCUT2D eigenvalue weighted by Gasteiger charge is 2.31. The van der Waals surface area contributed by atoms with E-state index in [9.17, 15) is 18.0 Å². The molecule has 1 saturated carbocycles. The number of ether oxygens (including phenoxy) is 2. The minimum absolute atomic E-state index is 0.180. The van der Waals surface area contributed by atoms with Gasteiger partial charge in [-0.25, -0.2) is 0 Å². The molecule has 0 heterocycles. The monoisotopic (exact) mass is 476 g/mol. The molecule has 1 fully saturated rings. The van der Waals surface area contributed by atoms with Crippen LogP contribution in [0.2, 0.25) is 0 Å². The smallest absolute Gasteiger partial charge is 0.416 e. The van der Waals surface area contributed by atoms with E-state index in [-0.39, 0.29) is 24.4 Å². The summed E-state index contributed by atoms with van der Waals surface area (Å²) in [5, 5.41) is 0. The summed E-state index contributed by atoms with van der Waals surface area (Å²) in [7, 11) is 1.36. The minimum Gasteiger partial charge on any atom is -0.485 e. The van der Waals surface area contributed by atoms with Crippen molar-refractivity contribution in [3.63, 3.8) is 0 Å². The number of benzene rings is 2. The number of fused-ring (bicyclic) bond motifs is 1. The lowest BCUT2D eigenvalue weighted by Gasteiger charge is -2.16. The van der Waals surface area contributed by atoms with E-state index in [2.05, 4.69) is 23.3 Å². The van der Waals surface area contributed by atoms with E-state index in [1.54, 1.807) is 6.92 Å². The van der Waals surface area contributed by atoms with Crippen LogP contribution in [-0.2, 0) is 15.7 Å². The Bertz CT molecular complexity index is 1310. The molecule has 2 aliphatic carbocycles. The molecule has 0 N–H and O–H groups in total. The van der Waals surface area contributed by atoms with E-state index >= 15 is 0 Å². The number of hydrogen-bond acceptors (Lipinski definition) is 3. The Morgan fingerprint density at radius 1 is 1.11 bits per heavy atom. The highest BCUT2D eigenvalue weighted by molar-refractivity contribution is 5.77. The zero-order chi connectivity index (χ0) is 25.0. The second-order valence-corrected chi connectivity index (χ2v) is 8.26. The van der Waals surface area contributed by atoms with Gasteiger partial charge in [-0.2, -0.15) is 13.2 Å². The van der Waals surface area contributed by atoms with Crippen molar-refractivity contribution in [1.82, 2.24) is 0 Å². The van der Waals surface area contributed by atoms with Crippen molar-refractivity contribution in [3.05, 3.63) is 93.9 Å². The van der Waals surface area contributed by atoms with E-state index in [0.717, 1.165) is 41.7 Å². The molecule has 0 amide bonds. The fourth-order valence-electron chi connectivity index (χ4n) is 4.16. The summed E-state index contributed by atoms with van der Waals surface area (Å²) < 4.78 is 49.5. The zero-order valence-corrected chi connectivity index (χ0v) is 19.3. The van der Waals surface area contributed by atoms with Crippen LogP contribution in [0.1, 0.15) is 48.8 Å². The Hall–Kier alpha value is -3.90. The van der Waals surface area contributed by atoms with E-state index in [1.807, 2.05) is 30.3 Å². The average molecular weight is 476 g/mol. The number of rotatable bonds is 6. The number of halogens is 3. The molecule has 178 valence electrons. The van der Waals surface area contributed by atoms with Crippen LogP contribution in [0.4, 0.5) is 13.2 Å². The van der Waals surface area contributed by atoms with Gasteiger partial charge in [-0.1, -0.05) is 41.6 Å². The molecule has 0 spiro atoms. The molecule has 3 nitrogen and oxygen atoms in total. The van der Waals surface area contributed by atoms with Crippen LogP contribution in [0, 0.1) is 11.8 Å². The van der Waals surface area contributed by atoms with Gasteiger partial charge in [-0.05, 0) is 66.8 Å². The first kappa shape index (κ1) is 24.2. The Balaban J connectivity index is 1.50. The molecule has 6 heteroatoms. The first-order valence-electron chi connectivity index (χ1n) is 11.2. The number of carbonyl (C=O) groups excluding carboxylic acids is 1. The van der Waals surface area contributed by atoms with Crippen molar-refractivity contribution in [2.24, 2.45) is 0 Å². The summed E-state index contributed by atoms with van der Waals surface area (Å²) in [5.41, 5.74) is 9.80. The third kappa shape index (κ3) is 5.61. The van der Waals surface area contributed by atoms with E-state index in [0.29, 0.717) is 16.9 Å². The van der Waals surface area contributed by atoms with Gasteiger partial charge in [-0.15, -0.1) is 5.92 Å². The van der Waals surface area contributed by atoms with E-state index in [1.165, 1.54) is 19.2 Å². The summed E-state index contributed by atoms with van der Waals surface area (Å²) >= 11 is 0. The van der Waals surface area contributed by atoms with Crippen LogP contribution in [0.3, 0.4) is 0 Å². The number of alkyl halides is 3. The summed E-state index contributed by atoms with van der Waals surface area (Å²) in [6.07, 6.45) is -0.869. The average Bonchev–Trinajstić information content (AvgIpc) is 3.25. The molecule has 2 atom stereocenters. The van der Waals surface area contributed by atoms with Crippen LogP contribution < -0.4 is 4.74 Å². The largest absolute Gasteiger partial charge is 0.485 e. The topological polar surface area (TPSA) is 35.5 Å². The van der Waals surface area contributed by atoms with Crippen LogP contribution in [0.25, 0.3) is 5.57 Å². The lowest BCUT2D eigenvalue weighted by Crippen LogP contribution is -2.14. The first-order valence-corrected chi connectivity index (χ1v) is 11.2. The molecule has 2 aromatic rings. The van der Waals surface area contributed by atoms with E-state index < -0.39 is 11.7 Å². The second kappa shape index (κ2) is 10.2. The van der Waals surface area contributed by atoms with Gasteiger partial charge in [0.2, 0.25) is 0 Å². The first-order chi connectivity index (χ1) is 16.8. The van der Waals surface area contributed by atoms with E-state index in [4.69, 9.17) is 9.47 Å². The van der Waals surface area contributed by atoms with Crippen molar-refractivity contribution in [1.29, 1.82) is 0 Å². The summed E-state index contributed by atoms with van der Waals surface area (Å²) in [6.45, 7) is 1.73. The third-order valence-corrected chi connectivity index (χ3v) is 6.00. The summed E-state index contributed by atoms with van der Waals surface area (Å²) in [6, 6.07) is 12.6. The van der Waals surface area contributed by atoms with Crippen LogP contribution in [0.15, 0.2) is 77.2 Å². The standard InChI is InChI=1S/C29H23F3O3/c1-3-4-21(18-28(33)34-2)20-7-13-25(14-8-20)35-27-16-10-23-17-22(9-15-26(23)27)19-5-11-24(12-6-19)29(30,31)32/h5-8,11-14,17,21,27H,10,16,18H2,1-2H3/t21-,27?/m0/s1. The van der Waals surface area contributed by atoms with Gasteiger partial charge in [0, 0.05) is 11.1 Å². The number of carbonyl (C=O) groups is 1. The van der Waals surface area contributed by atoms with Crippen molar-refractivity contribution in [2.45, 2.75) is 44.4 Å². The summed E-state index contributed by atoms with van der Waals surface area (Å²) in [4.78, 5) is 11.7. The SMILES string of the molecule is CC#C[C@@H](CC(=O)OC)c1ccc(OC2CCC3=CC(c4ccc(C(F)(F)F)cc4)=C=C=C32)cc1. The Morgan fingerprint density at radius 2 is 1.83 bits per heavy atom. The van der Waals surface area contributed by atoms with Crippen LogP contribution in [0.5, 0.6) is 5.75 Å². The normalized spacial score (nSPS) is 17.3. The van der Waals surface area contributed by atoms with Crippen molar-refractivity contribution < 1.29 is 27.4 Å². The number of hydrogen-bond donors (Lipinski definition) is 0. The third-order valence-electron chi connectivity index (χ3n) is 6.00. The molecule has 0 saturated heterocycles. The molecule has 1 unspecified atom stereocenters. The lowest BCUT2D eigenvalue weighted by atomic mass is 9.96. The highest BCUT2D eigenvalue weighted by Crippen LogP contribution is 2.37. The fraction of sp³-hybridized carbons (Fsp3) is 0.276. The fourth-order valence-corrected chi connectivity index (χ4v) is 4.16. The van der Waals surface area contributed by atoms with Gasteiger partial charge in [0.25, 0.3) is 0 Å². The van der Waals surface area contributed by atoms with Gasteiger partial charge in [0.1, 0.15) is 11.9 Å². The Morgan fingerprint density at radius 3 is 2.46 bits per heavy atom. The Kier molecular flexibility index (Phi) is 7.03. The molecular weight excluding hydrogens is 453 g/mol. The molecule has 4 rings (SSSR count). The van der Waals surface area contributed by atoms with Crippen LogP contribution in [-0.4, -0.2) is 19.2 Å². The molecule has 2 aromatic carbocycles. The second-order valence-electron chi connectivity index (χ2n) is 8.26. The lowest BCUT2D eigenvalue weighted by molar-refractivity contribution is -0.141. The predicted molar refractivity (Wildman–Crippen MR) is 126 cm³/mol. The van der Waals surface area contributed by atoms with Gasteiger partial charge >= 0.3 is 12.1 Å². The minimum atomic E-state index is -4.36. The van der Waals surface area contributed by atoms with Gasteiger partial charge in [0.15, 0.2) is 0 Å². The number of allylic oxidation sites excluding steroid dienone is 2. The molecule has 35 heavy (non-hydrogen) atoms. The van der Waals surface area contributed by atoms with Crippen molar-refractivity contribution in [2.75, 3.05) is 7.11 Å². The zero-order valence-electron chi connectivity index (χ0n) is 19.3. The summed E-state index contributed by atoms with van der Waals surface area (Å²) in [5.74, 6) is 6.02. The number of methoxy groups -OCH3 is 1. The molecule has 0 bridgehead atoms. The van der Waals surface area contributed by atoms with Gasteiger partial charge in [-0.3, -0.25) is 4.79 Å². The molecule has 0 aromatic heterocycles. The maximum atomic E-state index is 12.8. The maximum Gasteiger partial charge on any atom is 0.416 e. The maximum absolute atomic E-state index is 12.8. The van der Waals surface area contributed by atoms with Crippen molar-refractivity contribution >= 4 is 11.5 Å². The predicted octanol–water partition coefficient (Wildman–Crippen LogP) is 6.62. The molecule has 0 aliphatic heterocycles. The van der Waals surface area contributed by atoms with Crippen LogP contribution >= 0.6 is 0 Å². The number of esters is 1. The molecule has 2 aliphatic rings. The van der Waals surface area contributed by atoms with Gasteiger partial charge < -0.3 is 9.47 Å².